The van der Waals surface area contributed by atoms with Crippen LogP contribution in [0, 0.1) is 12.8 Å². The Balaban J connectivity index is 2.12. The van der Waals surface area contributed by atoms with Crippen molar-refractivity contribution in [3.63, 3.8) is 0 Å². The topological polar surface area (TPSA) is 49.3 Å². The fourth-order valence-corrected chi connectivity index (χ4v) is 3.02. The van der Waals surface area contributed by atoms with E-state index in [0.29, 0.717) is 0 Å². The molecule has 3 rings (SSSR count). The number of fused-ring (bicyclic) bond motifs is 3. The van der Waals surface area contributed by atoms with Gasteiger partial charge in [-0.3, -0.25) is 0 Å². The normalized spacial score (nSPS) is 29.4. The number of carbonyl (C=O) groups is 1. The molecule has 0 bridgehead atoms. The van der Waals surface area contributed by atoms with Gasteiger partial charge < -0.3 is 10.4 Å². The number of nitrogens with one attached hydrogen (secondary N) is 1. The van der Waals surface area contributed by atoms with E-state index in [1.54, 1.807) is 0 Å². The molecule has 1 aliphatic carbocycles. The second kappa shape index (κ2) is 3.62. The lowest BCUT2D eigenvalue weighted by Gasteiger charge is -2.35. The van der Waals surface area contributed by atoms with Gasteiger partial charge in [0.05, 0.1) is 0 Å². The van der Waals surface area contributed by atoms with Crippen LogP contribution in [0.25, 0.3) is 0 Å². The van der Waals surface area contributed by atoms with Crippen LogP contribution in [0.1, 0.15) is 23.5 Å². The first-order chi connectivity index (χ1) is 8.18. The molecule has 0 spiro atoms. The number of hydrogen-bond acceptors (Lipinski definition) is 2. The molecular weight excluding hydrogens is 214 g/mol. The van der Waals surface area contributed by atoms with E-state index in [1.165, 1.54) is 5.56 Å². The van der Waals surface area contributed by atoms with Gasteiger partial charge in [0, 0.05) is 17.5 Å². The Bertz CT molecular complexity index is 507. The lowest BCUT2D eigenvalue weighted by atomic mass is 9.78. The van der Waals surface area contributed by atoms with Gasteiger partial charge in [-0.2, -0.15) is 0 Å². The van der Waals surface area contributed by atoms with Crippen LogP contribution in [0.15, 0.2) is 30.4 Å². The van der Waals surface area contributed by atoms with Gasteiger partial charge in [0.25, 0.3) is 0 Å². The van der Waals surface area contributed by atoms with Crippen LogP contribution < -0.4 is 5.32 Å². The van der Waals surface area contributed by atoms with Gasteiger partial charge in [-0.25, -0.2) is 4.79 Å². The molecule has 1 aromatic rings. The van der Waals surface area contributed by atoms with Crippen LogP contribution >= 0.6 is 0 Å². The van der Waals surface area contributed by atoms with Crippen molar-refractivity contribution < 1.29 is 9.90 Å². The van der Waals surface area contributed by atoms with Crippen LogP contribution in [0.3, 0.4) is 0 Å². The minimum Gasteiger partial charge on any atom is -0.480 e. The fraction of sp³-hybridized carbons (Fsp3) is 0.357. The maximum absolute atomic E-state index is 11.3. The molecule has 0 aromatic heterocycles. The van der Waals surface area contributed by atoms with Gasteiger partial charge in [0.2, 0.25) is 0 Å². The summed E-state index contributed by atoms with van der Waals surface area (Å²) in [5, 5.41) is 12.5. The molecule has 3 atom stereocenters. The Morgan fingerprint density at radius 2 is 2.29 bits per heavy atom. The van der Waals surface area contributed by atoms with E-state index in [0.717, 1.165) is 17.7 Å². The molecule has 0 unspecified atom stereocenters. The van der Waals surface area contributed by atoms with Crippen molar-refractivity contribution >= 4 is 11.7 Å². The van der Waals surface area contributed by atoms with Crippen molar-refractivity contribution in [2.45, 2.75) is 25.3 Å². The standard InChI is InChI=1S/C14H15NO2/c1-8-4-2-6-10-9-5-3-7-11(9)13(14(16)17)15-12(8)10/h2-6,9,11,13,15H,7H2,1H3,(H,16,17)/t9-,11+,13-/m0/s1. The van der Waals surface area contributed by atoms with Gasteiger partial charge in [0.1, 0.15) is 6.04 Å². The molecule has 2 aliphatic rings. The zero-order chi connectivity index (χ0) is 12.0. The number of carboxylic acids is 1. The highest BCUT2D eigenvalue weighted by molar-refractivity contribution is 5.81. The number of hydrogen-bond donors (Lipinski definition) is 2. The molecule has 0 fully saturated rings. The van der Waals surface area contributed by atoms with Gasteiger partial charge in [-0.05, 0) is 24.5 Å². The molecule has 1 aromatic carbocycles. The van der Waals surface area contributed by atoms with Crippen LogP contribution in [0.2, 0.25) is 0 Å². The molecule has 3 heteroatoms. The smallest absolute Gasteiger partial charge is 0.326 e. The van der Waals surface area contributed by atoms with Crippen LogP contribution in [0.5, 0.6) is 0 Å². The molecule has 88 valence electrons. The molecule has 0 amide bonds. The lowest BCUT2D eigenvalue weighted by molar-refractivity contribution is -0.139. The number of carboxylic acid groups (broad SMARTS) is 1. The third kappa shape index (κ3) is 1.46. The van der Waals surface area contributed by atoms with Crippen LogP contribution in [-0.4, -0.2) is 17.1 Å². The van der Waals surface area contributed by atoms with E-state index in [1.807, 2.05) is 19.1 Å². The fourth-order valence-electron chi connectivity index (χ4n) is 3.02. The first kappa shape index (κ1) is 10.4. The summed E-state index contributed by atoms with van der Waals surface area (Å²) in [6.07, 6.45) is 5.10. The number of anilines is 1. The Hall–Kier alpha value is -1.77. The number of allylic oxidation sites excluding steroid dienone is 2. The van der Waals surface area contributed by atoms with Crippen LogP contribution in [0.4, 0.5) is 5.69 Å². The summed E-state index contributed by atoms with van der Waals surface area (Å²) in [5.74, 6) is -0.341. The zero-order valence-corrected chi connectivity index (χ0v) is 9.68. The maximum Gasteiger partial charge on any atom is 0.326 e. The maximum atomic E-state index is 11.3. The minimum atomic E-state index is -0.752. The van der Waals surface area contributed by atoms with Gasteiger partial charge >= 0.3 is 5.97 Å². The van der Waals surface area contributed by atoms with Crippen molar-refractivity contribution in [3.05, 3.63) is 41.5 Å². The Morgan fingerprint density at radius 3 is 3.06 bits per heavy atom. The second-order valence-electron chi connectivity index (χ2n) is 4.85. The quantitative estimate of drug-likeness (QED) is 0.727. The highest BCUT2D eigenvalue weighted by Gasteiger charge is 2.40. The first-order valence-electron chi connectivity index (χ1n) is 5.94. The van der Waals surface area contributed by atoms with E-state index in [-0.39, 0.29) is 11.8 Å². The number of aliphatic carboxylic acids is 1. The van der Waals surface area contributed by atoms with Gasteiger partial charge in [-0.15, -0.1) is 0 Å². The predicted octanol–water partition coefficient (Wildman–Crippen LogP) is 2.53. The zero-order valence-electron chi connectivity index (χ0n) is 9.68. The minimum absolute atomic E-state index is 0.154. The molecule has 0 saturated carbocycles. The molecular formula is C14H15NO2. The SMILES string of the molecule is Cc1cccc2c1N[C@H](C(=O)O)[C@@H]1CC=C[C@@H]21. The third-order valence-electron chi connectivity index (χ3n) is 3.87. The average Bonchev–Trinajstić information content (AvgIpc) is 2.77. The first-order valence-corrected chi connectivity index (χ1v) is 5.94. The van der Waals surface area contributed by atoms with Crippen molar-refractivity contribution in [2.75, 3.05) is 5.32 Å². The Labute approximate surface area is 100 Å². The summed E-state index contributed by atoms with van der Waals surface area (Å²) in [6, 6.07) is 5.69. The van der Waals surface area contributed by atoms with Gasteiger partial charge in [-0.1, -0.05) is 30.4 Å². The van der Waals surface area contributed by atoms with E-state index in [2.05, 4.69) is 23.5 Å². The summed E-state index contributed by atoms with van der Waals surface area (Å²) in [7, 11) is 0. The van der Waals surface area contributed by atoms with Crippen molar-refractivity contribution in [1.29, 1.82) is 0 Å². The monoisotopic (exact) mass is 229 g/mol. The van der Waals surface area contributed by atoms with Crippen molar-refractivity contribution in [3.8, 4) is 0 Å². The van der Waals surface area contributed by atoms with E-state index < -0.39 is 12.0 Å². The van der Waals surface area contributed by atoms with E-state index in [4.69, 9.17) is 0 Å². The van der Waals surface area contributed by atoms with Crippen molar-refractivity contribution in [1.82, 2.24) is 0 Å². The van der Waals surface area contributed by atoms with E-state index >= 15 is 0 Å². The average molecular weight is 229 g/mol. The Kier molecular flexibility index (Phi) is 2.21. The third-order valence-corrected chi connectivity index (χ3v) is 3.87. The molecule has 0 radical (unpaired) electrons. The highest BCUT2D eigenvalue weighted by Crippen LogP contribution is 2.45. The molecule has 0 saturated heterocycles. The molecule has 1 heterocycles. The molecule has 2 N–H and O–H groups in total. The van der Waals surface area contributed by atoms with Gasteiger partial charge in [0.15, 0.2) is 0 Å². The highest BCUT2D eigenvalue weighted by atomic mass is 16.4. The summed E-state index contributed by atoms with van der Waals surface area (Å²) in [5.41, 5.74) is 3.36. The number of rotatable bonds is 1. The molecule has 3 nitrogen and oxygen atoms in total. The largest absolute Gasteiger partial charge is 0.480 e. The number of aryl methyl sites for hydroxylation is 1. The summed E-state index contributed by atoms with van der Waals surface area (Å²) in [4.78, 5) is 11.3. The Morgan fingerprint density at radius 1 is 1.47 bits per heavy atom. The molecule has 17 heavy (non-hydrogen) atoms. The summed E-state index contributed by atoms with van der Waals surface area (Å²) < 4.78 is 0. The second-order valence-corrected chi connectivity index (χ2v) is 4.85. The summed E-state index contributed by atoms with van der Waals surface area (Å²) >= 11 is 0. The molecule has 1 aliphatic heterocycles. The van der Waals surface area contributed by atoms with Crippen LogP contribution in [-0.2, 0) is 4.79 Å². The van der Waals surface area contributed by atoms with E-state index in [9.17, 15) is 9.90 Å². The number of para-hydroxylation sites is 1. The number of benzene rings is 1. The lowest BCUT2D eigenvalue weighted by Crippen LogP contribution is -2.42. The summed E-state index contributed by atoms with van der Waals surface area (Å²) in [6.45, 7) is 2.02. The van der Waals surface area contributed by atoms with Crippen molar-refractivity contribution in [2.24, 2.45) is 5.92 Å². The predicted molar refractivity (Wildman–Crippen MR) is 66.2 cm³/mol.